The van der Waals surface area contributed by atoms with E-state index in [2.05, 4.69) is 184 Å². The van der Waals surface area contributed by atoms with E-state index in [-0.39, 0.29) is 0 Å². The van der Waals surface area contributed by atoms with E-state index in [4.69, 9.17) is 15.0 Å². The van der Waals surface area contributed by atoms with Crippen molar-refractivity contribution in [2.75, 3.05) is 0 Å². The number of para-hydroxylation sites is 6. The molecule has 0 saturated heterocycles. The maximum Gasteiger partial charge on any atom is 0.240 e. The lowest BCUT2D eigenvalue weighted by Crippen LogP contribution is -2.10. The van der Waals surface area contributed by atoms with Crippen LogP contribution in [-0.2, 0) is 0 Å². The summed E-state index contributed by atoms with van der Waals surface area (Å²) in [6.45, 7) is 0. The number of aromatic nitrogens is 6. The zero-order valence-corrected chi connectivity index (χ0v) is 27.3. The first-order chi connectivity index (χ1) is 25.3. The molecule has 4 aromatic heterocycles. The molecule has 0 aliphatic heterocycles. The molecule has 51 heavy (non-hydrogen) atoms. The van der Waals surface area contributed by atoms with E-state index >= 15 is 0 Å². The molecule has 0 atom stereocenters. The molecule has 6 heteroatoms. The van der Waals surface area contributed by atoms with E-state index in [9.17, 15) is 0 Å². The number of fused-ring (bicyclic) bond motifs is 9. The largest absolute Gasteiger partial charge is 0.309 e. The topological polar surface area (TPSA) is 53.5 Å². The second-order valence-electron chi connectivity index (χ2n) is 12.9. The minimum Gasteiger partial charge on any atom is -0.309 e. The van der Waals surface area contributed by atoms with Crippen LogP contribution in [0.25, 0.3) is 94.4 Å². The lowest BCUT2D eigenvalue weighted by molar-refractivity contribution is 0.893. The van der Waals surface area contributed by atoms with Crippen molar-refractivity contribution in [3.63, 3.8) is 0 Å². The fourth-order valence-electron chi connectivity index (χ4n) is 7.92. The highest BCUT2D eigenvalue weighted by atomic mass is 15.3. The van der Waals surface area contributed by atoms with Crippen LogP contribution in [0.2, 0.25) is 0 Å². The summed E-state index contributed by atoms with van der Waals surface area (Å²) in [5.74, 6) is 1.74. The van der Waals surface area contributed by atoms with Crippen LogP contribution >= 0.6 is 0 Å². The van der Waals surface area contributed by atoms with Gasteiger partial charge in [0.15, 0.2) is 5.82 Å². The summed E-state index contributed by atoms with van der Waals surface area (Å²) in [6, 6.07) is 59.6. The van der Waals surface area contributed by atoms with Crippen molar-refractivity contribution in [3.05, 3.63) is 170 Å². The molecule has 11 rings (SSSR count). The zero-order valence-electron chi connectivity index (χ0n) is 27.3. The highest BCUT2D eigenvalue weighted by molar-refractivity contribution is 6.11. The van der Waals surface area contributed by atoms with Gasteiger partial charge in [-0.1, -0.05) is 109 Å². The van der Waals surface area contributed by atoms with Crippen LogP contribution in [0.15, 0.2) is 170 Å². The van der Waals surface area contributed by atoms with Crippen molar-refractivity contribution in [1.82, 2.24) is 28.7 Å². The Morgan fingerprint density at radius 3 is 0.902 bits per heavy atom. The third-order valence-corrected chi connectivity index (χ3v) is 10.1. The Bertz CT molecular complexity index is 2850. The van der Waals surface area contributed by atoms with Crippen molar-refractivity contribution < 1.29 is 0 Å². The van der Waals surface area contributed by atoms with E-state index < -0.39 is 0 Å². The molecule has 0 aliphatic rings. The number of benzene rings is 7. The molecule has 4 heterocycles. The normalized spacial score (nSPS) is 11.9. The zero-order chi connectivity index (χ0) is 33.5. The quantitative estimate of drug-likeness (QED) is 0.190. The monoisotopic (exact) mass is 652 g/mol. The summed E-state index contributed by atoms with van der Waals surface area (Å²) in [5.41, 5.74) is 8.53. The van der Waals surface area contributed by atoms with Crippen LogP contribution in [-0.4, -0.2) is 28.7 Å². The second-order valence-corrected chi connectivity index (χ2v) is 12.9. The first-order valence-electron chi connectivity index (χ1n) is 17.1. The van der Waals surface area contributed by atoms with Gasteiger partial charge in [-0.15, -0.1) is 0 Å². The molecular formula is C45H28N6. The third-order valence-electron chi connectivity index (χ3n) is 10.1. The SMILES string of the molecule is c1ccc2c(c1)c1ccccc1n2-c1ccc(-c2nc(-n3c4ccccc4c4ccccc43)nc(-n3c4ccccc4c4ccccc43)n2)cc1. The fraction of sp³-hybridized carbons (Fsp3) is 0. The van der Waals surface area contributed by atoms with Crippen molar-refractivity contribution in [2.45, 2.75) is 0 Å². The van der Waals surface area contributed by atoms with Crippen LogP contribution in [0, 0.1) is 0 Å². The Hall–Kier alpha value is -7.05. The van der Waals surface area contributed by atoms with Gasteiger partial charge in [0.1, 0.15) is 0 Å². The number of rotatable bonds is 4. The summed E-state index contributed by atoms with van der Waals surface area (Å²) in [4.78, 5) is 15.7. The molecule has 11 aromatic rings. The molecule has 0 N–H and O–H groups in total. The Morgan fingerprint density at radius 1 is 0.275 bits per heavy atom. The molecular weight excluding hydrogens is 625 g/mol. The predicted octanol–water partition coefficient (Wildman–Crippen LogP) is 10.8. The molecule has 238 valence electrons. The first-order valence-corrected chi connectivity index (χ1v) is 17.1. The van der Waals surface area contributed by atoms with Crippen molar-refractivity contribution in [3.8, 4) is 29.0 Å². The van der Waals surface area contributed by atoms with Crippen LogP contribution in [0.3, 0.4) is 0 Å². The third kappa shape index (κ3) is 4.07. The molecule has 0 fully saturated rings. The standard InChI is InChI=1S/C45H28N6/c1-7-19-37-31(13-1)32-14-2-8-20-38(32)49(37)30-27-25-29(26-28-30)43-46-44(50-39-21-9-3-15-33(39)34-16-4-10-22-40(34)50)48-45(47-43)51-41-23-11-5-17-35(41)36-18-6-12-24-42(36)51/h1-28H. The van der Waals surface area contributed by atoms with E-state index in [0.29, 0.717) is 17.7 Å². The fourth-order valence-corrected chi connectivity index (χ4v) is 7.92. The maximum atomic E-state index is 5.27. The lowest BCUT2D eigenvalue weighted by atomic mass is 10.2. The van der Waals surface area contributed by atoms with Crippen molar-refractivity contribution in [1.29, 1.82) is 0 Å². The molecule has 0 unspecified atom stereocenters. The first kappa shape index (κ1) is 27.9. The summed E-state index contributed by atoms with van der Waals surface area (Å²) in [5, 5.41) is 7.10. The average molecular weight is 653 g/mol. The smallest absolute Gasteiger partial charge is 0.240 e. The lowest BCUT2D eigenvalue weighted by Gasteiger charge is -2.13. The Kier molecular flexibility index (Phi) is 5.86. The number of nitrogens with zero attached hydrogens (tertiary/aromatic N) is 6. The van der Waals surface area contributed by atoms with Gasteiger partial charge < -0.3 is 4.57 Å². The number of hydrogen-bond acceptors (Lipinski definition) is 3. The van der Waals surface area contributed by atoms with Crippen LogP contribution in [0.4, 0.5) is 0 Å². The molecule has 0 aliphatic carbocycles. The van der Waals surface area contributed by atoms with Crippen LogP contribution in [0.5, 0.6) is 0 Å². The highest BCUT2D eigenvalue weighted by Crippen LogP contribution is 2.35. The van der Waals surface area contributed by atoms with E-state index in [0.717, 1.165) is 54.9 Å². The van der Waals surface area contributed by atoms with Gasteiger partial charge in [0.05, 0.1) is 33.1 Å². The van der Waals surface area contributed by atoms with Crippen LogP contribution in [0.1, 0.15) is 0 Å². The minimum atomic E-state index is 0.570. The highest BCUT2D eigenvalue weighted by Gasteiger charge is 2.20. The molecule has 0 radical (unpaired) electrons. The van der Waals surface area contributed by atoms with Crippen molar-refractivity contribution in [2.24, 2.45) is 0 Å². The van der Waals surface area contributed by atoms with E-state index in [1.54, 1.807) is 0 Å². The maximum absolute atomic E-state index is 5.27. The van der Waals surface area contributed by atoms with E-state index in [1.165, 1.54) is 21.8 Å². The summed E-state index contributed by atoms with van der Waals surface area (Å²) in [6.07, 6.45) is 0. The van der Waals surface area contributed by atoms with Gasteiger partial charge in [-0.3, -0.25) is 9.13 Å². The Morgan fingerprint density at radius 2 is 0.569 bits per heavy atom. The van der Waals surface area contributed by atoms with Gasteiger partial charge in [-0.2, -0.15) is 15.0 Å². The predicted molar refractivity (Wildman–Crippen MR) is 208 cm³/mol. The summed E-state index contributed by atoms with van der Waals surface area (Å²) < 4.78 is 6.66. The molecule has 6 nitrogen and oxygen atoms in total. The summed E-state index contributed by atoms with van der Waals surface area (Å²) >= 11 is 0. The molecule has 0 spiro atoms. The van der Waals surface area contributed by atoms with Gasteiger partial charge in [-0.25, -0.2) is 0 Å². The molecule has 0 saturated carbocycles. The second kappa shape index (κ2) is 10.7. The van der Waals surface area contributed by atoms with Gasteiger partial charge in [-0.05, 0) is 60.7 Å². The Balaban J connectivity index is 1.17. The number of hydrogen-bond donors (Lipinski definition) is 0. The van der Waals surface area contributed by atoms with E-state index in [1.807, 2.05) is 0 Å². The molecule has 0 bridgehead atoms. The van der Waals surface area contributed by atoms with Crippen LogP contribution < -0.4 is 0 Å². The van der Waals surface area contributed by atoms with Gasteiger partial charge >= 0.3 is 0 Å². The van der Waals surface area contributed by atoms with Gasteiger partial charge in [0.25, 0.3) is 0 Å². The van der Waals surface area contributed by atoms with Crippen molar-refractivity contribution >= 4 is 65.4 Å². The summed E-state index contributed by atoms with van der Waals surface area (Å²) in [7, 11) is 0. The molecule has 0 amide bonds. The average Bonchev–Trinajstić information content (AvgIpc) is 3.84. The van der Waals surface area contributed by atoms with Gasteiger partial charge in [0, 0.05) is 43.6 Å². The van der Waals surface area contributed by atoms with Gasteiger partial charge in [0.2, 0.25) is 11.9 Å². The Labute approximate surface area is 292 Å². The minimum absolute atomic E-state index is 0.570. The molecule has 7 aromatic carbocycles.